The van der Waals surface area contributed by atoms with E-state index in [2.05, 4.69) is 5.32 Å². The SMILES string of the molecule is CN1C(=N)N[C@](CCC2CCCCC2)(CC2CCC[C@@H](O)C2)C1=O. The molecule has 3 fully saturated rings. The summed E-state index contributed by atoms with van der Waals surface area (Å²) in [6, 6.07) is 0. The number of aliphatic hydroxyl groups is 1. The molecule has 1 heterocycles. The fourth-order valence-electron chi connectivity index (χ4n) is 5.06. The molecule has 1 saturated heterocycles. The average molecular weight is 335 g/mol. The predicted octanol–water partition coefficient (Wildman–Crippen LogP) is 3.02. The summed E-state index contributed by atoms with van der Waals surface area (Å²) >= 11 is 0. The van der Waals surface area contributed by atoms with Crippen LogP contribution in [0.15, 0.2) is 0 Å². The summed E-state index contributed by atoms with van der Waals surface area (Å²) in [4.78, 5) is 14.4. The highest BCUT2D eigenvalue weighted by molar-refractivity contribution is 6.07. The molecule has 136 valence electrons. The molecule has 3 aliphatic rings. The zero-order valence-corrected chi connectivity index (χ0v) is 15.0. The van der Waals surface area contributed by atoms with Gasteiger partial charge in [-0.1, -0.05) is 44.9 Å². The van der Waals surface area contributed by atoms with Gasteiger partial charge in [0, 0.05) is 7.05 Å². The molecular weight excluding hydrogens is 302 g/mol. The Hall–Kier alpha value is -1.10. The van der Waals surface area contributed by atoms with Crippen LogP contribution in [0, 0.1) is 17.2 Å². The van der Waals surface area contributed by atoms with E-state index in [9.17, 15) is 9.90 Å². The first-order valence-corrected chi connectivity index (χ1v) is 9.83. The van der Waals surface area contributed by atoms with Gasteiger partial charge in [0.25, 0.3) is 5.91 Å². The van der Waals surface area contributed by atoms with E-state index >= 15 is 0 Å². The van der Waals surface area contributed by atoms with Gasteiger partial charge in [-0.25, -0.2) is 0 Å². The molecule has 3 N–H and O–H groups in total. The van der Waals surface area contributed by atoms with Gasteiger partial charge in [0.05, 0.1) is 6.10 Å². The largest absolute Gasteiger partial charge is 0.393 e. The Kier molecular flexibility index (Phi) is 5.48. The van der Waals surface area contributed by atoms with Crippen LogP contribution in [0.25, 0.3) is 0 Å². The van der Waals surface area contributed by atoms with Crippen LogP contribution in [0.5, 0.6) is 0 Å². The van der Waals surface area contributed by atoms with Crippen molar-refractivity contribution in [3.8, 4) is 0 Å². The highest BCUT2D eigenvalue weighted by Gasteiger charge is 2.49. The van der Waals surface area contributed by atoms with E-state index in [0.29, 0.717) is 5.92 Å². The summed E-state index contributed by atoms with van der Waals surface area (Å²) < 4.78 is 0. The number of nitrogens with zero attached hydrogens (tertiary/aromatic N) is 1. The third-order valence-electron chi connectivity index (χ3n) is 6.50. The minimum Gasteiger partial charge on any atom is -0.393 e. The summed E-state index contributed by atoms with van der Waals surface area (Å²) in [6.07, 6.45) is 12.9. The molecular formula is C19H33N3O2. The quantitative estimate of drug-likeness (QED) is 0.723. The molecule has 0 radical (unpaired) electrons. The van der Waals surface area contributed by atoms with Gasteiger partial charge in [-0.05, 0) is 43.9 Å². The number of likely N-dealkylation sites (N-methyl/N-ethyl adjacent to an activating group) is 1. The van der Waals surface area contributed by atoms with Gasteiger partial charge < -0.3 is 10.4 Å². The van der Waals surface area contributed by atoms with Gasteiger partial charge >= 0.3 is 0 Å². The van der Waals surface area contributed by atoms with E-state index in [1.165, 1.54) is 37.0 Å². The topological polar surface area (TPSA) is 76.4 Å². The molecule has 2 aliphatic carbocycles. The Morgan fingerprint density at radius 1 is 1.17 bits per heavy atom. The van der Waals surface area contributed by atoms with E-state index in [-0.39, 0.29) is 18.0 Å². The monoisotopic (exact) mass is 335 g/mol. The molecule has 0 aromatic rings. The molecule has 2 saturated carbocycles. The zero-order chi connectivity index (χ0) is 17.2. The molecule has 0 aromatic carbocycles. The van der Waals surface area contributed by atoms with Crippen molar-refractivity contribution in [2.75, 3.05) is 7.05 Å². The normalized spacial score (nSPS) is 35.3. The number of hydrogen-bond acceptors (Lipinski definition) is 3. The number of carbonyl (C=O) groups is 1. The average Bonchev–Trinajstić information content (AvgIpc) is 2.78. The molecule has 1 aliphatic heterocycles. The Bertz CT molecular complexity index is 475. The number of nitrogens with one attached hydrogen (secondary N) is 2. The van der Waals surface area contributed by atoms with Crippen molar-refractivity contribution in [1.82, 2.24) is 10.2 Å². The molecule has 1 unspecified atom stereocenters. The minimum atomic E-state index is -0.606. The number of guanidine groups is 1. The minimum absolute atomic E-state index is 0.0587. The highest BCUT2D eigenvalue weighted by atomic mass is 16.3. The molecule has 3 rings (SSSR count). The zero-order valence-electron chi connectivity index (χ0n) is 15.0. The van der Waals surface area contributed by atoms with Crippen LogP contribution in [0.1, 0.15) is 77.0 Å². The Morgan fingerprint density at radius 3 is 2.50 bits per heavy atom. The molecule has 0 aromatic heterocycles. The lowest BCUT2D eigenvalue weighted by Crippen LogP contribution is -2.49. The van der Waals surface area contributed by atoms with Crippen LogP contribution in [0.3, 0.4) is 0 Å². The smallest absolute Gasteiger partial charge is 0.254 e. The van der Waals surface area contributed by atoms with E-state index in [0.717, 1.165) is 50.9 Å². The van der Waals surface area contributed by atoms with Crippen molar-refractivity contribution in [1.29, 1.82) is 5.41 Å². The second kappa shape index (κ2) is 7.42. The molecule has 5 heteroatoms. The van der Waals surface area contributed by atoms with Crippen LogP contribution in [-0.4, -0.2) is 40.6 Å². The molecule has 24 heavy (non-hydrogen) atoms. The van der Waals surface area contributed by atoms with E-state index in [1.807, 2.05) is 0 Å². The first kappa shape index (κ1) is 17.7. The summed E-state index contributed by atoms with van der Waals surface area (Å²) in [6.45, 7) is 0. The van der Waals surface area contributed by atoms with Crippen molar-refractivity contribution in [2.45, 2.75) is 88.7 Å². The summed E-state index contributed by atoms with van der Waals surface area (Å²) in [5, 5.41) is 21.3. The fraction of sp³-hybridized carbons (Fsp3) is 0.895. The van der Waals surface area contributed by atoms with Gasteiger partial charge in [-0.2, -0.15) is 0 Å². The lowest BCUT2D eigenvalue weighted by molar-refractivity contribution is -0.131. The third kappa shape index (κ3) is 3.76. The van der Waals surface area contributed by atoms with Gasteiger partial charge in [0.1, 0.15) is 5.54 Å². The van der Waals surface area contributed by atoms with Crippen LogP contribution in [0.4, 0.5) is 0 Å². The van der Waals surface area contributed by atoms with Crippen LogP contribution in [-0.2, 0) is 4.79 Å². The number of amides is 1. The number of aliphatic hydroxyl groups excluding tert-OH is 1. The van der Waals surface area contributed by atoms with Crippen molar-refractivity contribution in [3.63, 3.8) is 0 Å². The maximum absolute atomic E-state index is 12.9. The van der Waals surface area contributed by atoms with Gasteiger partial charge in [-0.3, -0.25) is 15.1 Å². The molecule has 3 atom stereocenters. The third-order valence-corrected chi connectivity index (χ3v) is 6.50. The van der Waals surface area contributed by atoms with Crippen LogP contribution >= 0.6 is 0 Å². The second-order valence-corrected chi connectivity index (χ2v) is 8.35. The fourth-order valence-corrected chi connectivity index (χ4v) is 5.06. The van der Waals surface area contributed by atoms with E-state index in [1.54, 1.807) is 7.05 Å². The van der Waals surface area contributed by atoms with Crippen molar-refractivity contribution in [2.24, 2.45) is 11.8 Å². The van der Waals surface area contributed by atoms with Crippen molar-refractivity contribution < 1.29 is 9.90 Å². The second-order valence-electron chi connectivity index (χ2n) is 8.35. The Balaban J connectivity index is 1.68. The standard InChI is InChI=1S/C19H33N3O2/c1-22-17(24)19(21-18(22)20,11-10-14-6-3-2-4-7-14)13-15-8-5-9-16(23)12-15/h14-16,23H,2-13H2,1H3,(H2,20,21)/t15?,16-,19-/m1/s1. The predicted molar refractivity (Wildman–Crippen MR) is 94.8 cm³/mol. The number of hydrogen-bond donors (Lipinski definition) is 3. The molecule has 0 spiro atoms. The van der Waals surface area contributed by atoms with E-state index in [4.69, 9.17) is 5.41 Å². The van der Waals surface area contributed by atoms with Crippen LogP contribution < -0.4 is 5.32 Å². The van der Waals surface area contributed by atoms with Crippen molar-refractivity contribution >= 4 is 11.9 Å². The Morgan fingerprint density at radius 2 is 1.88 bits per heavy atom. The first-order valence-electron chi connectivity index (χ1n) is 9.83. The summed E-state index contributed by atoms with van der Waals surface area (Å²) in [7, 11) is 1.70. The molecule has 1 amide bonds. The van der Waals surface area contributed by atoms with Crippen LogP contribution in [0.2, 0.25) is 0 Å². The van der Waals surface area contributed by atoms with E-state index < -0.39 is 5.54 Å². The maximum Gasteiger partial charge on any atom is 0.254 e. The highest BCUT2D eigenvalue weighted by Crippen LogP contribution is 2.38. The molecule has 5 nitrogen and oxygen atoms in total. The van der Waals surface area contributed by atoms with Gasteiger partial charge in [-0.15, -0.1) is 0 Å². The Labute approximate surface area is 145 Å². The number of carbonyl (C=O) groups excluding carboxylic acids is 1. The lowest BCUT2D eigenvalue weighted by Gasteiger charge is -2.35. The number of rotatable bonds is 5. The summed E-state index contributed by atoms with van der Waals surface area (Å²) in [5.41, 5.74) is -0.606. The lowest BCUT2D eigenvalue weighted by atomic mass is 9.74. The maximum atomic E-state index is 12.9. The molecule has 0 bridgehead atoms. The summed E-state index contributed by atoms with van der Waals surface area (Å²) in [5.74, 6) is 1.42. The van der Waals surface area contributed by atoms with Gasteiger partial charge in [0.2, 0.25) is 0 Å². The first-order chi connectivity index (χ1) is 11.5. The van der Waals surface area contributed by atoms with Gasteiger partial charge in [0.15, 0.2) is 5.96 Å². The van der Waals surface area contributed by atoms with Crippen molar-refractivity contribution in [3.05, 3.63) is 0 Å².